The van der Waals surface area contributed by atoms with Crippen molar-refractivity contribution >= 4 is 0 Å². The molecule has 1 unspecified atom stereocenters. The Balaban J connectivity index is 2.25. The number of halogens is 1. The molecule has 0 saturated heterocycles. The third-order valence-electron chi connectivity index (χ3n) is 3.26. The Morgan fingerprint density at radius 1 is 1.14 bits per heavy atom. The molecule has 0 heterocycles. The maximum atomic E-state index is 13.3. The highest BCUT2D eigenvalue weighted by molar-refractivity contribution is 5.41. The van der Waals surface area contributed by atoms with Gasteiger partial charge in [-0.2, -0.15) is 0 Å². The first-order chi connectivity index (χ1) is 10.1. The van der Waals surface area contributed by atoms with Crippen molar-refractivity contribution < 1.29 is 19.0 Å². The van der Waals surface area contributed by atoms with Gasteiger partial charge < -0.3 is 14.6 Å². The van der Waals surface area contributed by atoms with Gasteiger partial charge in [0.25, 0.3) is 0 Å². The molecular formula is C17H19FO3. The van der Waals surface area contributed by atoms with E-state index in [4.69, 9.17) is 9.47 Å². The maximum absolute atomic E-state index is 13.3. The average Bonchev–Trinajstić information content (AvgIpc) is 2.50. The number of hydrogen-bond acceptors (Lipinski definition) is 3. The van der Waals surface area contributed by atoms with Crippen molar-refractivity contribution in [2.75, 3.05) is 20.3 Å². The minimum atomic E-state index is -0.858. The molecule has 0 fully saturated rings. The van der Waals surface area contributed by atoms with Gasteiger partial charge in [0.15, 0.2) is 0 Å². The van der Waals surface area contributed by atoms with Crippen LogP contribution >= 0.6 is 0 Å². The van der Waals surface area contributed by atoms with Gasteiger partial charge >= 0.3 is 0 Å². The fraction of sp³-hybridized carbons (Fsp3) is 0.294. The summed E-state index contributed by atoms with van der Waals surface area (Å²) in [5.41, 5.74) is 1.79. The molecule has 0 radical (unpaired) electrons. The smallest absolute Gasteiger partial charge is 0.126 e. The SMILES string of the molecule is COCCOc1ccccc1C(O)c1ccc(F)c(C)c1. The van der Waals surface area contributed by atoms with Crippen molar-refractivity contribution in [1.29, 1.82) is 0 Å². The molecule has 0 spiro atoms. The van der Waals surface area contributed by atoms with Crippen molar-refractivity contribution in [3.63, 3.8) is 0 Å². The summed E-state index contributed by atoms with van der Waals surface area (Å²) in [5, 5.41) is 10.5. The van der Waals surface area contributed by atoms with E-state index in [0.717, 1.165) is 0 Å². The van der Waals surface area contributed by atoms with Gasteiger partial charge in [-0.15, -0.1) is 0 Å². The summed E-state index contributed by atoms with van der Waals surface area (Å²) in [6.07, 6.45) is -0.858. The van der Waals surface area contributed by atoms with Crippen LogP contribution in [0.15, 0.2) is 42.5 Å². The van der Waals surface area contributed by atoms with Gasteiger partial charge in [0.1, 0.15) is 24.3 Å². The standard InChI is InChI=1S/C17H19FO3/c1-12-11-13(7-8-15(12)18)17(19)14-5-3-4-6-16(14)21-10-9-20-2/h3-8,11,17,19H,9-10H2,1-2H3. The van der Waals surface area contributed by atoms with Crippen LogP contribution in [0.3, 0.4) is 0 Å². The van der Waals surface area contributed by atoms with Gasteiger partial charge in [-0.3, -0.25) is 0 Å². The Morgan fingerprint density at radius 2 is 1.90 bits per heavy atom. The monoisotopic (exact) mass is 290 g/mol. The highest BCUT2D eigenvalue weighted by atomic mass is 19.1. The van der Waals surface area contributed by atoms with E-state index in [1.807, 2.05) is 12.1 Å². The van der Waals surface area contributed by atoms with Gasteiger partial charge in [0.2, 0.25) is 0 Å². The average molecular weight is 290 g/mol. The molecule has 4 heteroatoms. The lowest BCUT2D eigenvalue weighted by Gasteiger charge is -2.17. The summed E-state index contributed by atoms with van der Waals surface area (Å²) >= 11 is 0. The summed E-state index contributed by atoms with van der Waals surface area (Å²) < 4.78 is 23.9. The molecule has 0 saturated carbocycles. The number of hydrogen-bond donors (Lipinski definition) is 1. The second kappa shape index (κ2) is 7.20. The molecular weight excluding hydrogens is 271 g/mol. The molecule has 0 aliphatic rings. The summed E-state index contributed by atoms with van der Waals surface area (Å²) in [5.74, 6) is 0.319. The predicted octanol–water partition coefficient (Wildman–Crippen LogP) is 3.24. The fourth-order valence-corrected chi connectivity index (χ4v) is 2.09. The van der Waals surface area contributed by atoms with Crippen LogP contribution in [0.4, 0.5) is 4.39 Å². The molecule has 2 aromatic rings. The van der Waals surface area contributed by atoms with Crippen LogP contribution in [0.25, 0.3) is 0 Å². The van der Waals surface area contributed by atoms with E-state index in [-0.39, 0.29) is 5.82 Å². The molecule has 112 valence electrons. The topological polar surface area (TPSA) is 38.7 Å². The van der Waals surface area contributed by atoms with E-state index in [1.165, 1.54) is 6.07 Å². The highest BCUT2D eigenvalue weighted by Gasteiger charge is 2.16. The lowest BCUT2D eigenvalue weighted by molar-refractivity contribution is 0.142. The Labute approximate surface area is 124 Å². The largest absolute Gasteiger partial charge is 0.491 e. The predicted molar refractivity (Wildman–Crippen MR) is 79.0 cm³/mol. The molecule has 2 aromatic carbocycles. The van der Waals surface area contributed by atoms with E-state index in [2.05, 4.69) is 0 Å². The van der Waals surface area contributed by atoms with Crippen LogP contribution in [-0.4, -0.2) is 25.4 Å². The van der Waals surface area contributed by atoms with E-state index in [9.17, 15) is 9.50 Å². The summed E-state index contributed by atoms with van der Waals surface area (Å²) in [6.45, 7) is 2.55. The lowest BCUT2D eigenvalue weighted by atomic mass is 9.99. The molecule has 1 atom stereocenters. The first-order valence-electron chi connectivity index (χ1n) is 6.78. The number of aliphatic hydroxyl groups is 1. The first kappa shape index (κ1) is 15.5. The van der Waals surface area contributed by atoms with Crippen LogP contribution in [0.2, 0.25) is 0 Å². The second-order valence-corrected chi connectivity index (χ2v) is 4.79. The Morgan fingerprint density at radius 3 is 2.62 bits per heavy atom. The van der Waals surface area contributed by atoms with Gasteiger partial charge in [-0.25, -0.2) is 4.39 Å². The molecule has 21 heavy (non-hydrogen) atoms. The van der Waals surface area contributed by atoms with E-state index in [1.54, 1.807) is 38.3 Å². The second-order valence-electron chi connectivity index (χ2n) is 4.79. The zero-order valence-corrected chi connectivity index (χ0v) is 12.2. The lowest BCUT2D eigenvalue weighted by Crippen LogP contribution is -2.08. The van der Waals surface area contributed by atoms with Crippen LogP contribution in [0.5, 0.6) is 5.75 Å². The van der Waals surface area contributed by atoms with Crippen molar-refractivity contribution in [2.45, 2.75) is 13.0 Å². The number of benzene rings is 2. The fourth-order valence-electron chi connectivity index (χ4n) is 2.09. The molecule has 0 bridgehead atoms. The minimum Gasteiger partial charge on any atom is -0.491 e. The quantitative estimate of drug-likeness (QED) is 0.830. The minimum absolute atomic E-state index is 0.282. The van der Waals surface area contributed by atoms with Crippen LogP contribution in [0.1, 0.15) is 22.8 Å². The van der Waals surface area contributed by atoms with Crippen LogP contribution in [-0.2, 0) is 4.74 Å². The number of ether oxygens (including phenoxy) is 2. The number of para-hydroxylation sites is 1. The zero-order chi connectivity index (χ0) is 15.2. The van der Waals surface area contributed by atoms with Crippen molar-refractivity contribution in [1.82, 2.24) is 0 Å². The highest BCUT2D eigenvalue weighted by Crippen LogP contribution is 2.30. The maximum Gasteiger partial charge on any atom is 0.126 e. The normalized spacial score (nSPS) is 12.2. The molecule has 1 N–H and O–H groups in total. The van der Waals surface area contributed by atoms with E-state index >= 15 is 0 Å². The Hall–Kier alpha value is -1.91. The summed E-state index contributed by atoms with van der Waals surface area (Å²) in [6, 6.07) is 11.9. The van der Waals surface area contributed by atoms with E-state index < -0.39 is 6.10 Å². The van der Waals surface area contributed by atoms with E-state index in [0.29, 0.717) is 35.7 Å². The Kier molecular flexibility index (Phi) is 5.31. The molecule has 3 nitrogen and oxygen atoms in total. The number of aryl methyl sites for hydroxylation is 1. The molecule has 0 aromatic heterocycles. The summed E-state index contributed by atoms with van der Waals surface area (Å²) in [7, 11) is 1.60. The molecule has 0 aliphatic heterocycles. The van der Waals surface area contributed by atoms with Gasteiger partial charge in [0.05, 0.1) is 6.61 Å². The number of rotatable bonds is 6. The molecule has 2 rings (SSSR count). The molecule has 0 amide bonds. The van der Waals surface area contributed by atoms with Gasteiger partial charge in [0, 0.05) is 12.7 Å². The first-order valence-corrected chi connectivity index (χ1v) is 6.78. The van der Waals surface area contributed by atoms with Crippen LogP contribution in [0, 0.1) is 12.7 Å². The van der Waals surface area contributed by atoms with Gasteiger partial charge in [-0.1, -0.05) is 30.3 Å². The Bertz CT molecular complexity index is 598. The third-order valence-corrected chi connectivity index (χ3v) is 3.26. The van der Waals surface area contributed by atoms with Crippen LogP contribution < -0.4 is 4.74 Å². The number of methoxy groups -OCH3 is 1. The van der Waals surface area contributed by atoms with Crippen molar-refractivity contribution in [3.8, 4) is 5.75 Å². The third kappa shape index (κ3) is 3.80. The summed E-state index contributed by atoms with van der Waals surface area (Å²) in [4.78, 5) is 0. The van der Waals surface area contributed by atoms with Crippen molar-refractivity contribution in [3.05, 3.63) is 65.0 Å². The zero-order valence-electron chi connectivity index (χ0n) is 12.2. The number of aliphatic hydroxyl groups excluding tert-OH is 1. The van der Waals surface area contributed by atoms with Crippen molar-refractivity contribution in [2.24, 2.45) is 0 Å². The molecule has 0 aliphatic carbocycles. The van der Waals surface area contributed by atoms with Gasteiger partial charge in [-0.05, 0) is 30.2 Å².